The van der Waals surface area contributed by atoms with E-state index < -0.39 is 0 Å². The SMILES string of the molecule is O=C(Nc1ccc(-n2ccnc2)nc1)c1ccc(CSc2nc3ccccc3[nH]2)cc1. The van der Waals surface area contributed by atoms with Gasteiger partial charge >= 0.3 is 0 Å². The number of rotatable bonds is 6. The van der Waals surface area contributed by atoms with Gasteiger partial charge in [0.25, 0.3) is 5.91 Å². The first-order chi connectivity index (χ1) is 15.2. The van der Waals surface area contributed by atoms with Gasteiger partial charge in [-0.05, 0) is 42.0 Å². The molecule has 0 aliphatic rings. The van der Waals surface area contributed by atoms with Crippen LogP contribution in [0.5, 0.6) is 0 Å². The lowest BCUT2D eigenvalue weighted by Crippen LogP contribution is -2.12. The van der Waals surface area contributed by atoms with Crippen LogP contribution in [0.25, 0.3) is 16.9 Å². The number of H-pyrrole nitrogens is 1. The maximum Gasteiger partial charge on any atom is 0.255 e. The third kappa shape index (κ3) is 4.34. The second-order valence-corrected chi connectivity index (χ2v) is 7.84. The summed E-state index contributed by atoms with van der Waals surface area (Å²) >= 11 is 1.63. The average molecular weight is 427 g/mol. The third-order valence-corrected chi connectivity index (χ3v) is 5.68. The van der Waals surface area contributed by atoms with Crippen molar-refractivity contribution >= 4 is 34.4 Å². The van der Waals surface area contributed by atoms with Crippen LogP contribution in [0.1, 0.15) is 15.9 Å². The first kappa shape index (κ1) is 19.1. The molecule has 0 spiro atoms. The van der Waals surface area contributed by atoms with Gasteiger partial charge in [0.2, 0.25) is 0 Å². The Hall–Kier alpha value is -3.91. The molecular formula is C23H18N6OS. The molecule has 5 aromatic rings. The highest BCUT2D eigenvalue weighted by molar-refractivity contribution is 7.98. The van der Waals surface area contributed by atoms with Gasteiger partial charge in [0.1, 0.15) is 12.1 Å². The Morgan fingerprint density at radius 3 is 2.68 bits per heavy atom. The summed E-state index contributed by atoms with van der Waals surface area (Å²) in [5.41, 5.74) is 4.34. The summed E-state index contributed by atoms with van der Waals surface area (Å²) < 4.78 is 1.80. The van der Waals surface area contributed by atoms with Gasteiger partial charge in [0.05, 0.1) is 22.9 Å². The summed E-state index contributed by atoms with van der Waals surface area (Å²) in [4.78, 5) is 28.8. The Bertz CT molecular complexity index is 1280. The number of carbonyl (C=O) groups excluding carboxylic acids is 1. The first-order valence-corrected chi connectivity index (χ1v) is 10.7. The number of imidazole rings is 2. The number of pyridine rings is 1. The molecule has 3 aromatic heterocycles. The number of aromatic nitrogens is 5. The zero-order valence-corrected chi connectivity index (χ0v) is 17.2. The molecule has 0 fully saturated rings. The quantitative estimate of drug-likeness (QED) is 0.385. The zero-order chi connectivity index (χ0) is 21.0. The van der Waals surface area contributed by atoms with E-state index in [9.17, 15) is 4.79 Å². The second-order valence-electron chi connectivity index (χ2n) is 6.87. The van der Waals surface area contributed by atoms with E-state index in [1.807, 2.05) is 66.9 Å². The van der Waals surface area contributed by atoms with E-state index in [2.05, 4.69) is 25.3 Å². The van der Waals surface area contributed by atoms with E-state index in [1.54, 1.807) is 35.0 Å². The van der Waals surface area contributed by atoms with Crippen LogP contribution in [0.3, 0.4) is 0 Å². The molecule has 0 unspecified atom stereocenters. The van der Waals surface area contributed by atoms with Gasteiger partial charge in [-0.25, -0.2) is 15.0 Å². The molecule has 0 saturated carbocycles. The van der Waals surface area contributed by atoms with Gasteiger partial charge in [0, 0.05) is 23.7 Å². The number of thioether (sulfide) groups is 1. The number of para-hydroxylation sites is 2. The zero-order valence-electron chi connectivity index (χ0n) is 16.4. The molecular weight excluding hydrogens is 408 g/mol. The highest BCUT2D eigenvalue weighted by Crippen LogP contribution is 2.23. The van der Waals surface area contributed by atoms with Gasteiger partial charge in [-0.1, -0.05) is 36.0 Å². The van der Waals surface area contributed by atoms with Crippen molar-refractivity contribution in [3.8, 4) is 5.82 Å². The van der Waals surface area contributed by atoms with E-state index in [4.69, 9.17) is 0 Å². The highest BCUT2D eigenvalue weighted by Gasteiger charge is 2.08. The van der Waals surface area contributed by atoms with Crippen molar-refractivity contribution in [1.82, 2.24) is 24.5 Å². The molecule has 0 radical (unpaired) electrons. The number of nitrogens with zero attached hydrogens (tertiary/aromatic N) is 4. The molecule has 2 aromatic carbocycles. The normalized spacial score (nSPS) is 11.0. The van der Waals surface area contributed by atoms with Crippen LogP contribution >= 0.6 is 11.8 Å². The number of nitrogens with one attached hydrogen (secondary N) is 2. The maximum absolute atomic E-state index is 12.5. The minimum absolute atomic E-state index is 0.173. The highest BCUT2D eigenvalue weighted by atomic mass is 32.2. The summed E-state index contributed by atoms with van der Waals surface area (Å²) in [5.74, 6) is 1.33. The van der Waals surface area contributed by atoms with Crippen LogP contribution in [0.4, 0.5) is 5.69 Å². The number of carbonyl (C=O) groups is 1. The maximum atomic E-state index is 12.5. The molecule has 5 rings (SSSR count). The molecule has 31 heavy (non-hydrogen) atoms. The Labute approximate surface area is 182 Å². The lowest BCUT2D eigenvalue weighted by atomic mass is 10.1. The molecule has 1 amide bonds. The lowest BCUT2D eigenvalue weighted by molar-refractivity contribution is 0.102. The molecule has 7 nitrogen and oxygen atoms in total. The molecule has 0 bridgehead atoms. The van der Waals surface area contributed by atoms with Crippen LogP contribution in [0.15, 0.2) is 90.7 Å². The Morgan fingerprint density at radius 1 is 1.06 bits per heavy atom. The van der Waals surface area contributed by atoms with Crippen molar-refractivity contribution in [1.29, 1.82) is 0 Å². The standard InChI is InChI=1S/C23H18N6OS/c30-22(26-18-9-10-21(25-13-18)29-12-11-24-15-29)17-7-5-16(6-8-17)14-31-23-27-19-3-1-2-4-20(19)28-23/h1-13,15H,14H2,(H,26,30)(H,27,28). The van der Waals surface area contributed by atoms with E-state index >= 15 is 0 Å². The van der Waals surface area contributed by atoms with Crippen LogP contribution in [0, 0.1) is 0 Å². The van der Waals surface area contributed by atoms with Crippen LogP contribution in [-0.2, 0) is 5.75 Å². The average Bonchev–Trinajstić information content (AvgIpc) is 3.48. The summed E-state index contributed by atoms with van der Waals surface area (Å²) in [6, 6.07) is 19.2. The Kier molecular flexibility index (Phi) is 5.20. The number of hydrogen-bond donors (Lipinski definition) is 2. The molecule has 0 aliphatic carbocycles. The van der Waals surface area contributed by atoms with E-state index in [-0.39, 0.29) is 5.91 Å². The molecule has 0 atom stereocenters. The van der Waals surface area contributed by atoms with Gasteiger partial charge in [-0.2, -0.15) is 0 Å². The topological polar surface area (TPSA) is 88.5 Å². The monoisotopic (exact) mass is 426 g/mol. The number of hydrogen-bond acceptors (Lipinski definition) is 5. The predicted molar refractivity (Wildman–Crippen MR) is 121 cm³/mol. The summed E-state index contributed by atoms with van der Waals surface area (Å²) in [5, 5.41) is 3.76. The van der Waals surface area contributed by atoms with Gasteiger partial charge in [-0.3, -0.25) is 9.36 Å². The van der Waals surface area contributed by atoms with Crippen LogP contribution in [0.2, 0.25) is 0 Å². The van der Waals surface area contributed by atoms with Gasteiger partial charge in [0.15, 0.2) is 5.16 Å². The molecule has 0 aliphatic heterocycles. The summed E-state index contributed by atoms with van der Waals surface area (Å²) in [6.45, 7) is 0. The smallest absolute Gasteiger partial charge is 0.255 e. The minimum Gasteiger partial charge on any atom is -0.333 e. The fourth-order valence-electron chi connectivity index (χ4n) is 3.11. The summed E-state index contributed by atoms with van der Waals surface area (Å²) in [6.07, 6.45) is 6.81. The van der Waals surface area contributed by atoms with Crippen LogP contribution < -0.4 is 5.32 Å². The van der Waals surface area contributed by atoms with E-state index in [0.717, 1.165) is 33.3 Å². The van der Waals surface area contributed by atoms with Crippen molar-refractivity contribution < 1.29 is 4.79 Å². The largest absolute Gasteiger partial charge is 0.333 e. The number of benzene rings is 2. The van der Waals surface area contributed by atoms with E-state index in [0.29, 0.717) is 11.3 Å². The van der Waals surface area contributed by atoms with Gasteiger partial charge in [-0.15, -0.1) is 0 Å². The fourth-order valence-corrected chi connectivity index (χ4v) is 3.95. The Balaban J connectivity index is 1.19. The van der Waals surface area contributed by atoms with Crippen molar-refractivity contribution in [2.24, 2.45) is 0 Å². The fraction of sp³-hybridized carbons (Fsp3) is 0.0435. The number of aromatic amines is 1. The molecule has 3 heterocycles. The van der Waals surface area contributed by atoms with Crippen LogP contribution in [-0.4, -0.2) is 30.4 Å². The summed E-state index contributed by atoms with van der Waals surface area (Å²) in [7, 11) is 0. The molecule has 2 N–H and O–H groups in total. The predicted octanol–water partition coefficient (Wildman–Crippen LogP) is 4.69. The second kappa shape index (κ2) is 8.45. The molecule has 0 saturated heterocycles. The van der Waals surface area contributed by atoms with Gasteiger partial charge < -0.3 is 10.3 Å². The molecule has 152 valence electrons. The lowest BCUT2D eigenvalue weighted by Gasteiger charge is -2.07. The van der Waals surface area contributed by atoms with Crippen molar-refractivity contribution in [3.63, 3.8) is 0 Å². The third-order valence-electron chi connectivity index (χ3n) is 4.73. The van der Waals surface area contributed by atoms with Crippen molar-refractivity contribution in [3.05, 3.63) is 96.7 Å². The van der Waals surface area contributed by atoms with Crippen molar-refractivity contribution in [2.45, 2.75) is 10.9 Å². The Morgan fingerprint density at radius 2 is 1.94 bits per heavy atom. The van der Waals surface area contributed by atoms with Crippen molar-refractivity contribution in [2.75, 3.05) is 5.32 Å². The number of amides is 1. The number of anilines is 1. The minimum atomic E-state index is -0.173. The number of fused-ring (bicyclic) bond motifs is 1. The van der Waals surface area contributed by atoms with E-state index in [1.165, 1.54) is 0 Å². The first-order valence-electron chi connectivity index (χ1n) is 9.67. The molecule has 8 heteroatoms.